The Morgan fingerprint density at radius 2 is 1.21 bits per heavy atom. The molecule has 0 saturated carbocycles. The Balaban J connectivity index is -0.000000485. The van der Waals surface area contributed by atoms with Crippen molar-refractivity contribution >= 4 is 34.2 Å². The SMILES string of the molecule is C.C=C/C(C)=C\C=C\CC.C=c1/c(=C\C)c2ccccc2c2ccccc12.CC.CC.CC. The van der Waals surface area contributed by atoms with Crippen LogP contribution >= 0.6 is 0 Å². The molecule has 0 nitrogen and oxygen atoms in total. The van der Waals surface area contributed by atoms with Gasteiger partial charge in [-0.3, -0.25) is 0 Å². The average molecular weight is 447 g/mol. The second-order valence-electron chi connectivity index (χ2n) is 6.22. The van der Waals surface area contributed by atoms with Crippen LogP contribution in [0.15, 0.2) is 85.0 Å². The lowest BCUT2D eigenvalue weighted by atomic mass is 9.98. The van der Waals surface area contributed by atoms with Crippen molar-refractivity contribution in [3.63, 3.8) is 0 Å². The molecule has 3 rings (SSSR count). The van der Waals surface area contributed by atoms with E-state index in [4.69, 9.17) is 0 Å². The standard InChI is InChI=1S/C17H14.C9H14.3C2H6.CH4/c1-3-13-12(2)14-8-4-5-10-16(14)17-11-7-6-9-15(13)17;1-4-6-7-8-9(3)5-2;3*1-2;/h3-11H,2H2,1H3;5-8H,2,4H2,1,3H3;3*1-2H3;1H4/b13-3+;7-6+,9-8-;;;;. The predicted octanol–water partition coefficient (Wildman–Crippen LogP) is 10.0. The molecule has 0 bridgehead atoms. The molecule has 3 aromatic rings. The average Bonchev–Trinajstić information content (AvgIpc) is 2.88. The van der Waals surface area contributed by atoms with E-state index in [1.807, 2.05) is 54.5 Å². The minimum Gasteiger partial charge on any atom is -0.0988 e. The summed E-state index contributed by atoms with van der Waals surface area (Å²) in [6.45, 7) is 26.1. The molecular weight excluding hydrogens is 396 g/mol. The predicted molar refractivity (Wildman–Crippen MR) is 161 cm³/mol. The van der Waals surface area contributed by atoms with Crippen molar-refractivity contribution in [3.05, 3.63) is 95.4 Å². The molecule has 0 aliphatic heterocycles. The van der Waals surface area contributed by atoms with E-state index in [0.29, 0.717) is 0 Å². The molecule has 0 heteroatoms. The highest BCUT2D eigenvalue weighted by molar-refractivity contribution is 6.07. The van der Waals surface area contributed by atoms with Gasteiger partial charge in [0.25, 0.3) is 0 Å². The van der Waals surface area contributed by atoms with Crippen molar-refractivity contribution in [1.29, 1.82) is 0 Å². The lowest BCUT2D eigenvalue weighted by Crippen LogP contribution is -2.24. The molecule has 0 fully saturated rings. The maximum absolute atomic E-state index is 4.24. The highest BCUT2D eigenvalue weighted by atomic mass is 14.1. The van der Waals surface area contributed by atoms with Crippen molar-refractivity contribution in [2.75, 3.05) is 0 Å². The molecule has 0 aliphatic rings. The van der Waals surface area contributed by atoms with Gasteiger partial charge in [-0.2, -0.15) is 0 Å². The van der Waals surface area contributed by atoms with Gasteiger partial charge in [-0.1, -0.05) is 154 Å². The van der Waals surface area contributed by atoms with E-state index in [1.165, 1.54) is 32.3 Å². The minimum atomic E-state index is 0. The van der Waals surface area contributed by atoms with Crippen molar-refractivity contribution in [2.45, 2.75) is 76.2 Å². The van der Waals surface area contributed by atoms with Gasteiger partial charge in [0.1, 0.15) is 0 Å². The molecule has 0 aromatic heterocycles. The quantitative estimate of drug-likeness (QED) is 0.277. The van der Waals surface area contributed by atoms with Crippen LogP contribution in [0.2, 0.25) is 0 Å². The molecule has 0 saturated heterocycles. The summed E-state index contributed by atoms with van der Waals surface area (Å²) in [6.07, 6.45) is 11.3. The molecule has 0 atom stereocenters. The van der Waals surface area contributed by atoms with Gasteiger partial charge in [0, 0.05) is 0 Å². The Morgan fingerprint density at radius 3 is 1.64 bits per heavy atom. The lowest BCUT2D eigenvalue weighted by molar-refractivity contribution is 1.22. The van der Waals surface area contributed by atoms with E-state index >= 15 is 0 Å². The normalized spacial score (nSPS) is 10.3. The van der Waals surface area contributed by atoms with Crippen molar-refractivity contribution in [3.8, 4) is 0 Å². The van der Waals surface area contributed by atoms with Gasteiger partial charge in [0.05, 0.1) is 0 Å². The maximum Gasteiger partial charge on any atom is -0.00991 e. The molecule has 0 N–H and O–H groups in total. The first kappa shape index (κ1) is 34.7. The van der Waals surface area contributed by atoms with Crippen LogP contribution in [-0.2, 0) is 0 Å². The van der Waals surface area contributed by atoms with Crippen LogP contribution in [0.4, 0.5) is 0 Å². The van der Waals surface area contributed by atoms with Gasteiger partial charge in [0.15, 0.2) is 0 Å². The van der Waals surface area contributed by atoms with Crippen LogP contribution in [0.1, 0.15) is 76.2 Å². The molecule has 0 amide bonds. The molecule has 0 heterocycles. The van der Waals surface area contributed by atoms with Gasteiger partial charge >= 0.3 is 0 Å². The molecule has 0 spiro atoms. The largest absolute Gasteiger partial charge is 0.0988 e. The maximum atomic E-state index is 4.24. The van der Waals surface area contributed by atoms with E-state index < -0.39 is 0 Å². The first-order chi connectivity index (χ1) is 15.6. The Kier molecular flexibility index (Phi) is 23.5. The summed E-state index contributed by atoms with van der Waals surface area (Å²) in [5.41, 5.74) is 1.21. The van der Waals surface area contributed by atoms with Crippen molar-refractivity contribution in [1.82, 2.24) is 0 Å². The molecule has 0 aliphatic carbocycles. The second-order valence-corrected chi connectivity index (χ2v) is 6.22. The fourth-order valence-corrected chi connectivity index (χ4v) is 3.00. The zero-order valence-electron chi connectivity index (χ0n) is 22.1. The van der Waals surface area contributed by atoms with Gasteiger partial charge in [-0.25, -0.2) is 0 Å². The summed E-state index contributed by atoms with van der Waals surface area (Å²) >= 11 is 0. The highest BCUT2D eigenvalue weighted by Gasteiger charge is 2.02. The van der Waals surface area contributed by atoms with Gasteiger partial charge in [-0.15, -0.1) is 0 Å². The fourth-order valence-electron chi connectivity index (χ4n) is 3.00. The first-order valence-electron chi connectivity index (χ1n) is 12.1. The third-order valence-electron chi connectivity index (χ3n) is 4.43. The third kappa shape index (κ3) is 11.0. The van der Waals surface area contributed by atoms with Crippen LogP contribution < -0.4 is 10.4 Å². The summed E-state index contributed by atoms with van der Waals surface area (Å²) in [5.74, 6) is 0. The van der Waals surface area contributed by atoms with Crippen LogP contribution in [0, 0.1) is 0 Å². The van der Waals surface area contributed by atoms with E-state index in [9.17, 15) is 0 Å². The van der Waals surface area contributed by atoms with E-state index in [-0.39, 0.29) is 7.43 Å². The molecule has 0 radical (unpaired) electrons. The van der Waals surface area contributed by atoms with Gasteiger partial charge < -0.3 is 0 Å². The first-order valence-corrected chi connectivity index (χ1v) is 12.1. The summed E-state index contributed by atoms with van der Waals surface area (Å²) in [7, 11) is 0. The number of allylic oxidation sites excluding steroid dienone is 5. The lowest BCUT2D eigenvalue weighted by Gasteiger charge is -2.06. The second kappa shape index (κ2) is 22.3. The summed E-state index contributed by atoms with van der Waals surface area (Å²) in [6, 6.07) is 17.0. The van der Waals surface area contributed by atoms with Crippen LogP contribution in [-0.4, -0.2) is 0 Å². The Hall–Kier alpha value is -2.86. The molecule has 33 heavy (non-hydrogen) atoms. The zero-order valence-corrected chi connectivity index (χ0v) is 22.1. The van der Waals surface area contributed by atoms with E-state index in [1.54, 1.807) is 0 Å². The molecule has 3 aromatic carbocycles. The summed E-state index contributed by atoms with van der Waals surface area (Å²) < 4.78 is 0. The van der Waals surface area contributed by atoms with Crippen LogP contribution in [0.25, 0.3) is 34.2 Å². The van der Waals surface area contributed by atoms with Gasteiger partial charge in [0.2, 0.25) is 0 Å². The van der Waals surface area contributed by atoms with Crippen molar-refractivity contribution in [2.24, 2.45) is 0 Å². The molecular formula is C33H50. The number of benzene rings is 3. The number of fused-ring (bicyclic) bond motifs is 3. The van der Waals surface area contributed by atoms with E-state index in [0.717, 1.165) is 11.6 Å². The molecule has 0 unspecified atom stereocenters. The van der Waals surface area contributed by atoms with Crippen LogP contribution in [0.5, 0.6) is 0 Å². The Labute approximate surface area is 205 Å². The summed E-state index contributed by atoms with van der Waals surface area (Å²) in [4.78, 5) is 0. The number of hydrogen-bond acceptors (Lipinski definition) is 0. The topological polar surface area (TPSA) is 0 Å². The Morgan fingerprint density at radius 1 is 0.788 bits per heavy atom. The zero-order chi connectivity index (χ0) is 24.9. The number of hydrogen-bond donors (Lipinski definition) is 0. The summed E-state index contributed by atoms with van der Waals surface area (Å²) in [5, 5.41) is 7.52. The highest BCUT2D eigenvalue weighted by Crippen LogP contribution is 2.19. The van der Waals surface area contributed by atoms with E-state index in [2.05, 4.69) is 99.8 Å². The van der Waals surface area contributed by atoms with Crippen molar-refractivity contribution < 1.29 is 0 Å². The molecule has 182 valence electrons. The third-order valence-corrected chi connectivity index (χ3v) is 4.43. The fraction of sp³-hybridized carbons (Fsp3) is 0.333. The van der Waals surface area contributed by atoms with Gasteiger partial charge in [-0.05, 0) is 52.3 Å². The number of rotatable bonds is 3. The minimum absolute atomic E-state index is 0. The Bertz CT molecular complexity index is 1060. The van der Waals surface area contributed by atoms with Crippen LogP contribution in [0.3, 0.4) is 0 Å². The monoisotopic (exact) mass is 446 g/mol. The smallest absolute Gasteiger partial charge is 0.00991 e.